The first kappa shape index (κ1) is 31.3. The Morgan fingerprint density at radius 2 is 1.84 bits per heavy atom. The second kappa shape index (κ2) is 12.2. The van der Waals surface area contributed by atoms with Gasteiger partial charge < -0.3 is 15.5 Å². The molecule has 12 heteroatoms. The molecule has 4 aliphatic heterocycles. The lowest BCUT2D eigenvalue weighted by molar-refractivity contribution is -0.120. The van der Waals surface area contributed by atoms with Gasteiger partial charge in [-0.2, -0.15) is 10.4 Å². The number of aromatic nitrogens is 2. The van der Waals surface area contributed by atoms with Crippen LogP contribution in [0, 0.1) is 17.2 Å². The molecule has 2 N–H and O–H groups in total. The van der Waals surface area contributed by atoms with Gasteiger partial charge >= 0.3 is 0 Å². The van der Waals surface area contributed by atoms with Gasteiger partial charge in [0, 0.05) is 42.4 Å². The molecule has 1 amide bonds. The van der Waals surface area contributed by atoms with Crippen LogP contribution in [0.5, 0.6) is 0 Å². The Morgan fingerprint density at radius 3 is 2.60 bits per heavy atom. The third kappa shape index (κ3) is 6.65. The van der Waals surface area contributed by atoms with Gasteiger partial charge in [0.25, 0.3) is 5.92 Å². The molecule has 4 aliphatic rings. The number of benzene rings is 2. The number of nitriles is 1. The molecule has 8 bridgehead atoms. The quantitative estimate of drug-likeness (QED) is 0.396. The van der Waals surface area contributed by atoms with Gasteiger partial charge in [-0.25, -0.2) is 17.2 Å². The summed E-state index contributed by atoms with van der Waals surface area (Å²) in [5.41, 5.74) is 0.890. The lowest BCUT2D eigenvalue weighted by Crippen LogP contribution is -2.47. The summed E-state index contributed by atoms with van der Waals surface area (Å²) in [4.78, 5) is 15.4. The number of carbonyl (C=O) groups excluding carboxylic acids is 1. The topological polar surface area (TPSA) is 128 Å². The van der Waals surface area contributed by atoms with Crippen LogP contribution in [0.4, 0.5) is 14.6 Å². The zero-order chi connectivity index (χ0) is 31.8. The second-order valence-electron chi connectivity index (χ2n) is 12.9. The summed E-state index contributed by atoms with van der Waals surface area (Å²) in [5, 5.41) is 26.6. The predicted octanol–water partition coefficient (Wildman–Crippen LogP) is 4.64. The van der Waals surface area contributed by atoms with Crippen molar-refractivity contribution < 1.29 is 22.0 Å². The van der Waals surface area contributed by atoms with Crippen molar-refractivity contribution in [3.8, 4) is 6.07 Å². The van der Waals surface area contributed by atoms with Crippen LogP contribution in [0.25, 0.3) is 10.8 Å². The highest BCUT2D eigenvalue weighted by Crippen LogP contribution is 2.40. The second-order valence-corrected chi connectivity index (χ2v) is 15.2. The number of amides is 1. The molecule has 3 aromatic rings. The van der Waals surface area contributed by atoms with Crippen molar-refractivity contribution in [2.75, 3.05) is 43.0 Å². The van der Waals surface area contributed by atoms with Gasteiger partial charge in [0.15, 0.2) is 5.82 Å². The Bertz CT molecular complexity index is 1740. The monoisotopic (exact) mass is 636 g/mol. The van der Waals surface area contributed by atoms with Crippen LogP contribution in [-0.4, -0.2) is 67.1 Å². The van der Waals surface area contributed by atoms with Crippen molar-refractivity contribution in [2.45, 2.75) is 62.8 Å². The zero-order valence-corrected chi connectivity index (χ0v) is 26.2. The SMILES string of the molecule is C[C@H]1Nc2nncc3c(cc(C4(C#N)CCS(=O)(=O)CC4)cc23)CC(=O)NCCCN2CC(CCC(F)(F)c3cccc1c3)C2. The molecule has 45 heavy (non-hydrogen) atoms. The van der Waals surface area contributed by atoms with E-state index in [4.69, 9.17) is 0 Å². The van der Waals surface area contributed by atoms with Crippen molar-refractivity contribution in [1.29, 1.82) is 5.26 Å². The van der Waals surface area contributed by atoms with E-state index >= 15 is 8.78 Å². The summed E-state index contributed by atoms with van der Waals surface area (Å²) in [6.07, 6.45) is 2.91. The number of carbonyl (C=O) groups is 1. The van der Waals surface area contributed by atoms with Gasteiger partial charge in [-0.15, -0.1) is 5.10 Å². The predicted molar refractivity (Wildman–Crippen MR) is 168 cm³/mol. The van der Waals surface area contributed by atoms with E-state index in [0.717, 1.165) is 26.1 Å². The molecule has 0 saturated carbocycles. The van der Waals surface area contributed by atoms with Crippen molar-refractivity contribution in [1.82, 2.24) is 20.4 Å². The van der Waals surface area contributed by atoms with E-state index in [9.17, 15) is 18.5 Å². The van der Waals surface area contributed by atoms with Crippen molar-refractivity contribution in [3.05, 3.63) is 64.8 Å². The Balaban J connectivity index is 1.41. The molecule has 0 spiro atoms. The van der Waals surface area contributed by atoms with E-state index < -0.39 is 27.2 Å². The van der Waals surface area contributed by atoms with Crippen LogP contribution in [-0.2, 0) is 32.4 Å². The summed E-state index contributed by atoms with van der Waals surface area (Å²) in [6.45, 7) is 4.69. The number of hydrogen-bond acceptors (Lipinski definition) is 8. The normalized spacial score (nSPS) is 26.4. The van der Waals surface area contributed by atoms with Gasteiger partial charge in [-0.1, -0.05) is 24.3 Å². The third-order valence-electron chi connectivity index (χ3n) is 9.70. The number of nitrogens with one attached hydrogen (secondary N) is 2. The van der Waals surface area contributed by atoms with Crippen molar-refractivity contribution in [2.24, 2.45) is 5.92 Å². The average Bonchev–Trinajstić information content (AvgIpc) is 3.00. The highest BCUT2D eigenvalue weighted by atomic mass is 32.2. The summed E-state index contributed by atoms with van der Waals surface area (Å²) in [6, 6.07) is 12.1. The molecule has 1 aromatic heterocycles. The number of alkyl halides is 2. The van der Waals surface area contributed by atoms with E-state index in [1.165, 1.54) is 6.07 Å². The Kier molecular flexibility index (Phi) is 8.52. The number of nitrogens with zero attached hydrogens (tertiary/aromatic N) is 4. The standard InChI is InChI=1S/C33H38F2N6O3S/c1-22-24-4-2-5-26(14-24)33(34,35)7-6-23-19-41(20-23)11-3-10-37-30(42)16-25-15-27(17-28-29(25)18-38-40-31(28)39-22)32(21-36)8-12-45(43,44)13-9-32/h2,4-5,14-15,17-18,22-23H,3,6-13,16,19-20H2,1H3,(H,37,42)(H,39,40)/t22-/m1/s1. The van der Waals surface area contributed by atoms with Gasteiger partial charge in [-0.05, 0) is 73.9 Å². The van der Waals surface area contributed by atoms with Gasteiger partial charge in [0.2, 0.25) is 5.91 Å². The van der Waals surface area contributed by atoms with Crippen molar-refractivity contribution >= 4 is 32.3 Å². The van der Waals surface area contributed by atoms with E-state index in [1.54, 1.807) is 24.4 Å². The average molecular weight is 637 g/mol. The fraction of sp³-hybridized carbons (Fsp3) is 0.515. The number of anilines is 1. The number of halogens is 2. The lowest BCUT2D eigenvalue weighted by atomic mass is 9.75. The summed E-state index contributed by atoms with van der Waals surface area (Å²) < 4.78 is 55.3. The zero-order valence-electron chi connectivity index (χ0n) is 25.4. The van der Waals surface area contributed by atoms with Gasteiger partial charge in [0.1, 0.15) is 9.84 Å². The smallest absolute Gasteiger partial charge is 0.273 e. The van der Waals surface area contributed by atoms with Crippen LogP contribution in [0.1, 0.15) is 67.3 Å². The first-order valence-electron chi connectivity index (χ1n) is 15.6. The minimum atomic E-state index is -3.24. The molecule has 5 heterocycles. The fourth-order valence-electron chi connectivity index (χ4n) is 6.80. The first-order valence-corrected chi connectivity index (χ1v) is 17.4. The largest absolute Gasteiger partial charge is 0.362 e. The third-order valence-corrected chi connectivity index (χ3v) is 11.3. The van der Waals surface area contributed by atoms with Gasteiger partial charge in [-0.3, -0.25) is 4.79 Å². The molecule has 0 radical (unpaired) electrons. The van der Waals surface area contributed by atoms with Crippen LogP contribution >= 0.6 is 0 Å². The lowest BCUT2D eigenvalue weighted by Gasteiger charge is -2.40. The van der Waals surface area contributed by atoms with E-state index in [1.807, 2.05) is 19.1 Å². The molecule has 0 unspecified atom stereocenters. The molecule has 238 valence electrons. The van der Waals surface area contributed by atoms with Crippen molar-refractivity contribution in [3.63, 3.8) is 0 Å². The van der Waals surface area contributed by atoms with Crippen LogP contribution in [0.3, 0.4) is 0 Å². The minimum Gasteiger partial charge on any atom is -0.362 e. The molecule has 2 aromatic carbocycles. The molecule has 9 nitrogen and oxygen atoms in total. The maximum Gasteiger partial charge on any atom is 0.273 e. The first-order chi connectivity index (χ1) is 21.5. The van der Waals surface area contributed by atoms with Crippen LogP contribution in [0.2, 0.25) is 0 Å². The summed E-state index contributed by atoms with van der Waals surface area (Å²) in [5.74, 6) is -2.69. The molecule has 1 atom stereocenters. The molecule has 0 aliphatic carbocycles. The Hall–Kier alpha value is -3.69. The van der Waals surface area contributed by atoms with Gasteiger partial charge in [0.05, 0.1) is 41.6 Å². The molecular weight excluding hydrogens is 598 g/mol. The highest BCUT2D eigenvalue weighted by Gasteiger charge is 2.40. The Morgan fingerprint density at radius 1 is 1.07 bits per heavy atom. The maximum absolute atomic E-state index is 15.4. The Labute approximate surface area is 262 Å². The molecule has 2 fully saturated rings. The summed E-state index contributed by atoms with van der Waals surface area (Å²) >= 11 is 0. The minimum absolute atomic E-state index is 0.0166. The van der Waals surface area contributed by atoms with E-state index in [-0.39, 0.29) is 54.6 Å². The number of fused-ring (bicyclic) bond motifs is 8. The molecule has 7 rings (SSSR count). The van der Waals surface area contributed by atoms with Crippen LogP contribution in [0.15, 0.2) is 42.6 Å². The molecule has 2 saturated heterocycles. The maximum atomic E-state index is 15.4. The number of sulfone groups is 1. The van der Waals surface area contributed by atoms with E-state index in [0.29, 0.717) is 46.2 Å². The van der Waals surface area contributed by atoms with Crippen LogP contribution < -0.4 is 10.6 Å². The summed E-state index contributed by atoms with van der Waals surface area (Å²) in [7, 11) is -3.24. The number of hydrogen-bond donors (Lipinski definition) is 2. The highest BCUT2D eigenvalue weighted by molar-refractivity contribution is 7.91. The molecular formula is C33H38F2N6O3S. The van der Waals surface area contributed by atoms with E-state index in [2.05, 4.69) is 31.8 Å². The number of rotatable bonds is 1. The fourth-order valence-corrected chi connectivity index (χ4v) is 8.33.